The molecule has 0 aromatic heterocycles. The van der Waals surface area contributed by atoms with E-state index in [4.69, 9.17) is 0 Å². The van der Waals surface area contributed by atoms with Crippen LogP contribution in [0.15, 0.2) is 0 Å². The summed E-state index contributed by atoms with van der Waals surface area (Å²) in [6.45, 7) is 11.0. The molecule has 3 atom stereocenters. The summed E-state index contributed by atoms with van der Waals surface area (Å²) >= 11 is 0. The lowest BCUT2D eigenvalue weighted by molar-refractivity contribution is 0.0783. The van der Waals surface area contributed by atoms with Crippen molar-refractivity contribution in [2.75, 3.05) is 26.7 Å². The van der Waals surface area contributed by atoms with Crippen LogP contribution in [0.25, 0.3) is 0 Å². The van der Waals surface area contributed by atoms with E-state index in [1.165, 1.54) is 32.4 Å². The van der Waals surface area contributed by atoms with Crippen molar-refractivity contribution in [3.05, 3.63) is 0 Å². The van der Waals surface area contributed by atoms with Gasteiger partial charge in [0.15, 0.2) is 0 Å². The van der Waals surface area contributed by atoms with Crippen molar-refractivity contribution in [2.24, 2.45) is 11.8 Å². The van der Waals surface area contributed by atoms with E-state index in [0.717, 1.165) is 24.4 Å². The Hall–Kier alpha value is -0.0800. The van der Waals surface area contributed by atoms with Crippen LogP contribution in [0.5, 0.6) is 0 Å². The molecule has 0 aliphatic carbocycles. The van der Waals surface area contributed by atoms with Crippen LogP contribution in [0.3, 0.4) is 0 Å². The molecule has 3 unspecified atom stereocenters. The lowest BCUT2D eigenvalue weighted by Crippen LogP contribution is -2.46. The highest BCUT2D eigenvalue weighted by atomic mass is 15.2. The van der Waals surface area contributed by atoms with Crippen molar-refractivity contribution < 1.29 is 0 Å². The van der Waals surface area contributed by atoms with E-state index in [2.05, 4.69) is 31.0 Å². The maximum absolute atomic E-state index is 3.22. The van der Waals surface area contributed by atoms with Gasteiger partial charge in [-0.05, 0) is 58.2 Å². The van der Waals surface area contributed by atoms with Crippen molar-refractivity contribution in [3.8, 4) is 0 Å². The predicted octanol–water partition coefficient (Wildman–Crippen LogP) is 2.35. The minimum Gasteiger partial charge on any atom is -0.320 e. The fraction of sp³-hybridized carbons (Fsp3) is 1.00. The molecule has 2 nitrogen and oxygen atoms in total. The molecule has 0 radical (unpaired) electrons. The number of hydrogen-bond acceptors (Lipinski definition) is 2. The highest BCUT2D eigenvalue weighted by molar-refractivity contribution is 4.81. The van der Waals surface area contributed by atoms with Crippen molar-refractivity contribution in [3.63, 3.8) is 0 Å². The predicted molar refractivity (Wildman–Crippen MR) is 67.1 cm³/mol. The molecule has 1 rings (SSSR count). The van der Waals surface area contributed by atoms with E-state index in [-0.39, 0.29) is 0 Å². The number of rotatable bonds is 5. The van der Waals surface area contributed by atoms with Crippen LogP contribution in [0, 0.1) is 11.8 Å². The molecule has 1 saturated heterocycles. The molecule has 0 aromatic carbocycles. The Kier molecular flexibility index (Phi) is 5.62. The first kappa shape index (κ1) is 13.0. The highest BCUT2D eigenvalue weighted by Gasteiger charge is 2.27. The Morgan fingerprint density at radius 1 is 1.20 bits per heavy atom. The molecule has 0 aromatic rings. The number of unbranched alkanes of at least 4 members (excludes halogenated alkanes) is 1. The molecular formula is C13H28N2. The average Bonchev–Trinajstić information content (AvgIpc) is 2.19. The van der Waals surface area contributed by atoms with Gasteiger partial charge in [-0.15, -0.1) is 0 Å². The first-order valence-corrected chi connectivity index (χ1v) is 6.53. The summed E-state index contributed by atoms with van der Waals surface area (Å²) in [5, 5.41) is 3.22. The van der Waals surface area contributed by atoms with Crippen molar-refractivity contribution in [2.45, 2.75) is 46.1 Å². The minimum atomic E-state index is 0.788. The second-order valence-electron chi connectivity index (χ2n) is 5.36. The van der Waals surface area contributed by atoms with Crippen LogP contribution < -0.4 is 5.32 Å². The molecule has 1 fully saturated rings. The molecule has 1 heterocycles. The van der Waals surface area contributed by atoms with E-state index >= 15 is 0 Å². The molecule has 0 bridgehead atoms. The van der Waals surface area contributed by atoms with Crippen LogP contribution in [-0.2, 0) is 0 Å². The maximum atomic E-state index is 3.22. The normalized spacial score (nSPS) is 33.2. The fourth-order valence-corrected chi connectivity index (χ4v) is 2.74. The Morgan fingerprint density at radius 3 is 2.60 bits per heavy atom. The zero-order valence-electron chi connectivity index (χ0n) is 10.9. The van der Waals surface area contributed by atoms with Gasteiger partial charge in [0.2, 0.25) is 0 Å². The topological polar surface area (TPSA) is 15.3 Å². The second-order valence-corrected chi connectivity index (χ2v) is 5.36. The van der Waals surface area contributed by atoms with Gasteiger partial charge in [-0.3, -0.25) is 0 Å². The largest absolute Gasteiger partial charge is 0.320 e. The van der Waals surface area contributed by atoms with Crippen LogP contribution >= 0.6 is 0 Å². The van der Waals surface area contributed by atoms with Crippen LogP contribution in [0.1, 0.15) is 40.0 Å². The van der Waals surface area contributed by atoms with Crippen LogP contribution in [-0.4, -0.2) is 37.6 Å². The van der Waals surface area contributed by atoms with Crippen LogP contribution in [0.2, 0.25) is 0 Å². The number of likely N-dealkylation sites (tertiary alicyclic amines) is 1. The number of piperidine rings is 1. The van der Waals surface area contributed by atoms with E-state index in [9.17, 15) is 0 Å². The number of hydrogen-bond donors (Lipinski definition) is 1. The van der Waals surface area contributed by atoms with Crippen molar-refractivity contribution in [1.82, 2.24) is 10.2 Å². The Labute approximate surface area is 95.4 Å². The molecule has 1 N–H and O–H groups in total. The summed E-state index contributed by atoms with van der Waals surface area (Å²) in [4.78, 5) is 2.69. The fourth-order valence-electron chi connectivity index (χ4n) is 2.74. The zero-order chi connectivity index (χ0) is 11.3. The number of nitrogens with zero attached hydrogens (tertiary/aromatic N) is 1. The third kappa shape index (κ3) is 4.12. The lowest BCUT2D eigenvalue weighted by Gasteiger charge is -2.41. The van der Waals surface area contributed by atoms with Gasteiger partial charge in [-0.25, -0.2) is 0 Å². The Morgan fingerprint density at radius 2 is 1.93 bits per heavy atom. The summed E-state index contributed by atoms with van der Waals surface area (Å²) < 4.78 is 0. The minimum absolute atomic E-state index is 0.788. The molecule has 15 heavy (non-hydrogen) atoms. The van der Waals surface area contributed by atoms with Gasteiger partial charge < -0.3 is 10.2 Å². The molecule has 90 valence electrons. The van der Waals surface area contributed by atoms with E-state index in [1.807, 2.05) is 7.05 Å². The van der Waals surface area contributed by atoms with Gasteiger partial charge in [0, 0.05) is 12.6 Å². The third-order valence-corrected chi connectivity index (χ3v) is 3.84. The monoisotopic (exact) mass is 212 g/mol. The summed E-state index contributed by atoms with van der Waals surface area (Å²) in [5.41, 5.74) is 0. The summed E-state index contributed by atoms with van der Waals surface area (Å²) in [6.07, 6.45) is 4.06. The Bertz CT molecular complexity index is 170. The number of nitrogens with one attached hydrogen (secondary N) is 1. The van der Waals surface area contributed by atoms with E-state index in [0.29, 0.717) is 0 Å². The maximum Gasteiger partial charge on any atom is 0.00927 e. The van der Waals surface area contributed by atoms with Crippen LogP contribution in [0.4, 0.5) is 0 Å². The Balaban J connectivity index is 2.26. The quantitative estimate of drug-likeness (QED) is 0.704. The second kappa shape index (κ2) is 6.49. The summed E-state index contributed by atoms with van der Waals surface area (Å²) in [5.74, 6) is 1.76. The molecule has 0 amide bonds. The molecule has 2 heteroatoms. The van der Waals surface area contributed by atoms with E-state index in [1.54, 1.807) is 0 Å². The molecule has 1 aliphatic heterocycles. The van der Waals surface area contributed by atoms with Gasteiger partial charge in [-0.2, -0.15) is 0 Å². The molecule has 0 spiro atoms. The molecule has 1 aliphatic rings. The van der Waals surface area contributed by atoms with Gasteiger partial charge in [0.1, 0.15) is 0 Å². The summed E-state index contributed by atoms with van der Waals surface area (Å²) in [7, 11) is 2.04. The molecule has 0 saturated carbocycles. The standard InChI is InChI=1S/C13H28N2/c1-11-9-12(2)13(3)15(10-11)8-6-5-7-14-4/h11-14H,5-10H2,1-4H3. The highest BCUT2D eigenvalue weighted by Crippen LogP contribution is 2.26. The van der Waals surface area contributed by atoms with Crippen molar-refractivity contribution >= 4 is 0 Å². The van der Waals surface area contributed by atoms with Gasteiger partial charge >= 0.3 is 0 Å². The molecular weight excluding hydrogens is 184 g/mol. The van der Waals surface area contributed by atoms with Gasteiger partial charge in [0.05, 0.1) is 0 Å². The van der Waals surface area contributed by atoms with Gasteiger partial charge in [0.25, 0.3) is 0 Å². The third-order valence-electron chi connectivity index (χ3n) is 3.84. The first-order valence-electron chi connectivity index (χ1n) is 6.53. The average molecular weight is 212 g/mol. The van der Waals surface area contributed by atoms with Crippen molar-refractivity contribution in [1.29, 1.82) is 0 Å². The first-order chi connectivity index (χ1) is 7.15. The summed E-state index contributed by atoms with van der Waals surface area (Å²) in [6, 6.07) is 0.788. The zero-order valence-corrected chi connectivity index (χ0v) is 10.9. The SMILES string of the molecule is CNCCCCN1CC(C)CC(C)C1C. The van der Waals surface area contributed by atoms with Gasteiger partial charge in [-0.1, -0.05) is 13.8 Å². The lowest BCUT2D eigenvalue weighted by atomic mass is 9.86. The van der Waals surface area contributed by atoms with E-state index < -0.39 is 0 Å². The smallest absolute Gasteiger partial charge is 0.00927 e.